The summed E-state index contributed by atoms with van der Waals surface area (Å²) in [4.78, 5) is 0.135. The third-order valence-electron chi connectivity index (χ3n) is 3.35. The fraction of sp³-hybridized carbons (Fsp3) is 0.538. The van der Waals surface area contributed by atoms with Crippen LogP contribution in [0.3, 0.4) is 0 Å². The Morgan fingerprint density at radius 3 is 2.26 bits per heavy atom. The summed E-state index contributed by atoms with van der Waals surface area (Å²) >= 11 is 9.31. The maximum absolute atomic E-state index is 12.6. The first-order chi connectivity index (χ1) is 8.48. The predicted molar refractivity (Wildman–Crippen MR) is 83.0 cm³/mol. The zero-order chi connectivity index (χ0) is 15.0. The minimum atomic E-state index is -3.59. The zero-order valence-electron chi connectivity index (χ0n) is 11.7. The molecule has 6 heteroatoms. The van der Waals surface area contributed by atoms with E-state index >= 15 is 0 Å². The van der Waals surface area contributed by atoms with Gasteiger partial charge in [0.05, 0.1) is 5.02 Å². The maximum atomic E-state index is 12.6. The normalized spacial score (nSPS) is 14.7. The predicted octanol–water partition coefficient (Wildman–Crippen LogP) is 4.16. The van der Waals surface area contributed by atoms with E-state index in [0.717, 1.165) is 4.47 Å². The van der Waals surface area contributed by atoms with Crippen molar-refractivity contribution in [3.63, 3.8) is 0 Å². The van der Waals surface area contributed by atoms with Crippen LogP contribution in [0.5, 0.6) is 0 Å². The molecule has 108 valence electrons. The molecule has 0 radical (unpaired) electrons. The first kappa shape index (κ1) is 17.0. The molecule has 19 heavy (non-hydrogen) atoms. The first-order valence-electron chi connectivity index (χ1n) is 5.91. The van der Waals surface area contributed by atoms with Gasteiger partial charge in [-0.1, -0.05) is 48.3 Å². The second-order valence-electron chi connectivity index (χ2n) is 5.64. The molecule has 1 aromatic rings. The SMILES string of the molecule is C[C@@H](N(C)S(=O)(=O)c1ccc(Br)cc1Cl)C(C)(C)C. The minimum Gasteiger partial charge on any atom is -0.207 e. The van der Waals surface area contributed by atoms with Crippen molar-refractivity contribution in [3.8, 4) is 0 Å². The molecule has 0 saturated heterocycles. The van der Waals surface area contributed by atoms with Crippen LogP contribution in [0.1, 0.15) is 27.7 Å². The second-order valence-corrected chi connectivity index (χ2v) is 8.93. The Balaban J connectivity index is 3.24. The number of hydrogen-bond acceptors (Lipinski definition) is 2. The second kappa shape index (κ2) is 5.72. The molecule has 0 saturated carbocycles. The molecule has 1 atom stereocenters. The number of hydrogen-bond donors (Lipinski definition) is 0. The maximum Gasteiger partial charge on any atom is 0.244 e. The summed E-state index contributed by atoms with van der Waals surface area (Å²) in [6.07, 6.45) is 0. The van der Waals surface area contributed by atoms with Gasteiger partial charge in [-0.2, -0.15) is 4.31 Å². The smallest absolute Gasteiger partial charge is 0.207 e. The van der Waals surface area contributed by atoms with Gasteiger partial charge >= 0.3 is 0 Å². The van der Waals surface area contributed by atoms with Crippen LogP contribution in [0.15, 0.2) is 27.6 Å². The molecule has 0 aliphatic rings. The summed E-state index contributed by atoms with van der Waals surface area (Å²) in [5.41, 5.74) is -0.149. The fourth-order valence-corrected chi connectivity index (χ4v) is 4.15. The van der Waals surface area contributed by atoms with Crippen molar-refractivity contribution >= 4 is 37.6 Å². The highest BCUT2D eigenvalue weighted by Gasteiger charge is 2.33. The molecule has 0 fully saturated rings. The summed E-state index contributed by atoms with van der Waals surface area (Å²) < 4.78 is 27.3. The zero-order valence-corrected chi connectivity index (χ0v) is 14.9. The quantitative estimate of drug-likeness (QED) is 0.803. The lowest BCUT2D eigenvalue weighted by molar-refractivity contribution is 0.216. The molecule has 1 aromatic carbocycles. The van der Waals surface area contributed by atoms with Gasteiger partial charge in [-0.25, -0.2) is 8.42 Å². The lowest BCUT2D eigenvalue weighted by Gasteiger charge is -2.34. The van der Waals surface area contributed by atoms with E-state index < -0.39 is 10.0 Å². The van der Waals surface area contributed by atoms with Gasteiger partial charge in [0.25, 0.3) is 0 Å². The third-order valence-corrected chi connectivity index (χ3v) is 6.25. The standard InChI is InChI=1S/C13H19BrClNO2S/c1-9(13(2,3)4)16(5)19(17,18)12-7-6-10(14)8-11(12)15/h6-9H,1-5H3/t9-/m1/s1. The summed E-state index contributed by atoms with van der Waals surface area (Å²) in [6, 6.07) is 4.64. The van der Waals surface area contributed by atoms with Crippen molar-refractivity contribution in [2.24, 2.45) is 5.41 Å². The Bertz CT molecular complexity index is 566. The molecule has 0 N–H and O–H groups in total. The summed E-state index contributed by atoms with van der Waals surface area (Å²) in [5.74, 6) is 0. The van der Waals surface area contributed by atoms with Crippen molar-refractivity contribution < 1.29 is 8.42 Å². The molecule has 0 aliphatic heterocycles. The van der Waals surface area contributed by atoms with E-state index in [2.05, 4.69) is 15.9 Å². The van der Waals surface area contributed by atoms with Crippen molar-refractivity contribution in [2.45, 2.75) is 38.6 Å². The molecule has 0 aliphatic carbocycles. The van der Waals surface area contributed by atoms with Gasteiger partial charge in [-0.05, 0) is 30.5 Å². The number of sulfonamides is 1. The fourth-order valence-electron chi connectivity index (χ4n) is 1.59. The van der Waals surface area contributed by atoms with Gasteiger partial charge in [0, 0.05) is 17.6 Å². The van der Waals surface area contributed by atoms with Crippen molar-refractivity contribution in [2.75, 3.05) is 7.05 Å². The Hall–Kier alpha value is -0.100. The molecule has 3 nitrogen and oxygen atoms in total. The lowest BCUT2D eigenvalue weighted by Crippen LogP contribution is -2.42. The molecule has 0 heterocycles. The van der Waals surface area contributed by atoms with Gasteiger partial charge in [-0.3, -0.25) is 0 Å². The van der Waals surface area contributed by atoms with Crippen LogP contribution in [0.2, 0.25) is 5.02 Å². The average molecular weight is 369 g/mol. The lowest BCUT2D eigenvalue weighted by atomic mass is 9.88. The van der Waals surface area contributed by atoms with E-state index in [0.29, 0.717) is 0 Å². The van der Waals surface area contributed by atoms with E-state index in [-0.39, 0.29) is 21.4 Å². The molecule has 0 amide bonds. The molecule has 0 unspecified atom stereocenters. The third kappa shape index (κ3) is 3.72. The summed E-state index contributed by atoms with van der Waals surface area (Å²) in [6.45, 7) is 7.91. The highest BCUT2D eigenvalue weighted by Crippen LogP contribution is 2.31. The molecule has 1 rings (SSSR count). The van der Waals surface area contributed by atoms with Gasteiger partial charge in [0.2, 0.25) is 10.0 Å². The monoisotopic (exact) mass is 367 g/mol. The molecular formula is C13H19BrClNO2S. The van der Waals surface area contributed by atoms with Gasteiger partial charge in [-0.15, -0.1) is 0 Å². The number of benzene rings is 1. The van der Waals surface area contributed by atoms with E-state index in [4.69, 9.17) is 11.6 Å². The Labute approximate surface area is 129 Å². The average Bonchev–Trinajstić information content (AvgIpc) is 2.25. The Morgan fingerprint density at radius 2 is 1.84 bits per heavy atom. The molecule has 0 bridgehead atoms. The Morgan fingerprint density at radius 1 is 1.32 bits per heavy atom. The molecule has 0 aromatic heterocycles. The molecular weight excluding hydrogens is 350 g/mol. The van der Waals surface area contributed by atoms with Crippen molar-refractivity contribution in [1.29, 1.82) is 0 Å². The van der Waals surface area contributed by atoms with Gasteiger partial charge < -0.3 is 0 Å². The van der Waals surface area contributed by atoms with E-state index in [1.165, 1.54) is 10.4 Å². The van der Waals surface area contributed by atoms with Crippen LogP contribution >= 0.6 is 27.5 Å². The largest absolute Gasteiger partial charge is 0.244 e. The Kier molecular flexibility index (Phi) is 5.10. The van der Waals surface area contributed by atoms with Crippen LogP contribution in [0.4, 0.5) is 0 Å². The van der Waals surface area contributed by atoms with Crippen LogP contribution < -0.4 is 0 Å². The summed E-state index contributed by atoms with van der Waals surface area (Å²) in [7, 11) is -2.00. The first-order valence-corrected chi connectivity index (χ1v) is 8.52. The highest BCUT2D eigenvalue weighted by molar-refractivity contribution is 9.10. The molecule has 0 spiro atoms. The van der Waals surface area contributed by atoms with Gasteiger partial charge in [0.15, 0.2) is 0 Å². The highest BCUT2D eigenvalue weighted by atomic mass is 79.9. The topological polar surface area (TPSA) is 37.4 Å². The van der Waals surface area contributed by atoms with Crippen molar-refractivity contribution in [1.82, 2.24) is 4.31 Å². The summed E-state index contributed by atoms with van der Waals surface area (Å²) in [5, 5.41) is 0.224. The van der Waals surface area contributed by atoms with E-state index in [1.807, 2.05) is 27.7 Å². The number of rotatable bonds is 3. The van der Waals surface area contributed by atoms with Crippen LogP contribution in [-0.2, 0) is 10.0 Å². The van der Waals surface area contributed by atoms with Gasteiger partial charge in [0.1, 0.15) is 4.90 Å². The van der Waals surface area contributed by atoms with Crippen molar-refractivity contribution in [3.05, 3.63) is 27.7 Å². The van der Waals surface area contributed by atoms with Crippen LogP contribution in [0.25, 0.3) is 0 Å². The van der Waals surface area contributed by atoms with Crippen LogP contribution in [-0.4, -0.2) is 25.8 Å². The minimum absolute atomic E-state index is 0.135. The van der Waals surface area contributed by atoms with E-state index in [1.54, 1.807) is 19.2 Å². The number of nitrogens with zero attached hydrogens (tertiary/aromatic N) is 1. The number of halogens is 2. The van der Waals surface area contributed by atoms with E-state index in [9.17, 15) is 8.42 Å². The van der Waals surface area contributed by atoms with Crippen LogP contribution in [0, 0.1) is 5.41 Å².